The number of nitrogens with one attached hydrogen (secondary N) is 2. The second-order valence-corrected chi connectivity index (χ2v) is 8.27. The number of nitrogens with zero attached hydrogens (tertiary/aromatic N) is 2. The number of para-hydroxylation sites is 1. The van der Waals surface area contributed by atoms with Crippen LogP contribution in [0.4, 0.5) is 27.6 Å². The number of likely N-dealkylation sites (tertiary alicyclic amines) is 1. The predicted octanol–water partition coefficient (Wildman–Crippen LogP) is 6.54. The molecule has 4 rings (SSSR count). The van der Waals surface area contributed by atoms with Gasteiger partial charge in [0, 0.05) is 19.3 Å². The number of amides is 1. The van der Waals surface area contributed by atoms with E-state index in [1.165, 1.54) is 29.2 Å². The van der Waals surface area contributed by atoms with Gasteiger partial charge < -0.3 is 20.1 Å². The number of rotatable bonds is 6. The van der Waals surface area contributed by atoms with Gasteiger partial charge in [0.2, 0.25) is 0 Å². The normalized spacial score (nSPS) is 14.6. The highest BCUT2D eigenvalue weighted by atomic mass is 35.5. The third-order valence-electron chi connectivity index (χ3n) is 5.57. The molecule has 0 spiro atoms. The van der Waals surface area contributed by atoms with Crippen molar-refractivity contribution in [3.63, 3.8) is 0 Å². The minimum Gasteiger partial charge on any atom is -0.355 e. The van der Waals surface area contributed by atoms with Crippen LogP contribution in [0.5, 0.6) is 0 Å². The molecule has 2 heterocycles. The molecule has 0 saturated carbocycles. The third-order valence-corrected chi connectivity index (χ3v) is 5.89. The summed E-state index contributed by atoms with van der Waals surface area (Å²) < 4.78 is 76.6. The largest absolute Gasteiger partial charge is 0.432 e. The number of alkyl halides is 3. The maximum atomic E-state index is 14.7. The number of aromatic nitrogens is 1. The van der Waals surface area contributed by atoms with Crippen molar-refractivity contribution < 1.29 is 31.3 Å². The monoisotopic (exact) mass is 524 g/mol. The first-order chi connectivity index (χ1) is 17.1. The fraction of sp³-hybridized carbons (Fsp3) is 0.208. The van der Waals surface area contributed by atoms with Crippen molar-refractivity contribution in [3.8, 4) is 11.3 Å². The van der Waals surface area contributed by atoms with Crippen LogP contribution in [0.3, 0.4) is 0 Å². The lowest BCUT2D eigenvalue weighted by Gasteiger charge is -2.19. The molecule has 1 aromatic heterocycles. The second kappa shape index (κ2) is 10.1. The molecule has 0 radical (unpaired) electrons. The number of halogens is 6. The summed E-state index contributed by atoms with van der Waals surface area (Å²) in [5.74, 6) is -3.34. The van der Waals surface area contributed by atoms with Crippen LogP contribution in [0.15, 0.2) is 52.7 Å². The molecule has 1 aliphatic rings. The fourth-order valence-electron chi connectivity index (χ4n) is 3.88. The van der Waals surface area contributed by atoms with Gasteiger partial charge in [-0.1, -0.05) is 35.0 Å². The van der Waals surface area contributed by atoms with Crippen LogP contribution in [0.25, 0.3) is 16.8 Å². The second-order valence-electron chi connectivity index (χ2n) is 7.87. The smallest absolute Gasteiger partial charge is 0.355 e. The van der Waals surface area contributed by atoms with E-state index >= 15 is 0 Å². The number of anilines is 1. The molecule has 188 valence electrons. The lowest BCUT2D eigenvalue weighted by Crippen LogP contribution is -2.29. The standard InChI is InChI=1S/C24H18ClF5N4O2/c25-14-6-5-8-16(27)18(14)20-19(23(35)34-10-3-4-11-34)21(36-33-20)13(12-31)22(24(28,29)30)32-17-9-2-1-7-15(17)26/h1-2,5-9,12,31-32H,3-4,10-11H2/b22-13+,31-12?. The molecule has 1 amide bonds. The van der Waals surface area contributed by atoms with E-state index in [0.717, 1.165) is 18.2 Å². The zero-order chi connectivity index (χ0) is 26.0. The third kappa shape index (κ3) is 4.83. The SMILES string of the molecule is N=C/C(=C(\Nc1ccccc1F)C(F)(F)F)c1onc(-c2c(F)cccc2Cl)c1C(=O)N1CCCC1. The molecule has 1 fully saturated rings. The summed E-state index contributed by atoms with van der Waals surface area (Å²) in [7, 11) is 0. The first-order valence-electron chi connectivity index (χ1n) is 10.7. The average molecular weight is 525 g/mol. The Bertz CT molecular complexity index is 1330. The van der Waals surface area contributed by atoms with Crippen LogP contribution in [-0.4, -0.2) is 41.4 Å². The number of benzene rings is 2. The van der Waals surface area contributed by atoms with Crippen molar-refractivity contribution in [1.29, 1.82) is 5.41 Å². The summed E-state index contributed by atoms with van der Waals surface area (Å²) in [4.78, 5) is 14.8. The van der Waals surface area contributed by atoms with Crippen LogP contribution in [0, 0.1) is 17.0 Å². The highest BCUT2D eigenvalue weighted by Gasteiger charge is 2.41. The number of hydrogen-bond donors (Lipinski definition) is 2. The van der Waals surface area contributed by atoms with Gasteiger partial charge in [0.05, 0.1) is 21.8 Å². The summed E-state index contributed by atoms with van der Waals surface area (Å²) in [5.41, 5.74) is -4.25. The Kier molecular flexibility index (Phi) is 7.11. The lowest BCUT2D eigenvalue weighted by molar-refractivity contribution is -0.0896. The summed E-state index contributed by atoms with van der Waals surface area (Å²) in [6, 6.07) is 8.33. The van der Waals surface area contributed by atoms with Gasteiger partial charge in [-0.05, 0) is 37.1 Å². The van der Waals surface area contributed by atoms with Crippen LogP contribution < -0.4 is 5.32 Å². The Hall–Kier alpha value is -3.73. The van der Waals surface area contributed by atoms with Gasteiger partial charge in [0.15, 0.2) is 5.76 Å². The van der Waals surface area contributed by atoms with Gasteiger partial charge in [0.1, 0.15) is 28.6 Å². The molecular weight excluding hydrogens is 507 g/mol. The Balaban J connectivity index is 1.98. The van der Waals surface area contributed by atoms with Crippen molar-refractivity contribution in [1.82, 2.24) is 10.1 Å². The molecule has 0 bridgehead atoms. The molecule has 6 nitrogen and oxygen atoms in total. The number of carbonyl (C=O) groups is 1. The molecule has 1 aliphatic heterocycles. The van der Waals surface area contributed by atoms with Crippen molar-refractivity contribution in [2.45, 2.75) is 19.0 Å². The van der Waals surface area contributed by atoms with E-state index in [-0.39, 0.29) is 10.6 Å². The number of allylic oxidation sites excluding steroid dienone is 2. The van der Waals surface area contributed by atoms with Gasteiger partial charge in [-0.3, -0.25) is 4.79 Å². The summed E-state index contributed by atoms with van der Waals surface area (Å²) in [5, 5.41) is 13.3. The van der Waals surface area contributed by atoms with Crippen molar-refractivity contribution >= 4 is 35.0 Å². The highest BCUT2D eigenvalue weighted by Crippen LogP contribution is 2.39. The van der Waals surface area contributed by atoms with Gasteiger partial charge in [-0.25, -0.2) is 8.78 Å². The van der Waals surface area contributed by atoms with Gasteiger partial charge in [-0.15, -0.1) is 0 Å². The van der Waals surface area contributed by atoms with E-state index in [2.05, 4.69) is 5.16 Å². The van der Waals surface area contributed by atoms with Crippen LogP contribution in [0.2, 0.25) is 5.02 Å². The Labute approximate surface area is 206 Å². The van der Waals surface area contributed by atoms with Crippen molar-refractivity contribution in [3.05, 3.63) is 76.1 Å². The molecule has 0 unspecified atom stereocenters. The highest BCUT2D eigenvalue weighted by molar-refractivity contribution is 6.33. The minimum atomic E-state index is -5.13. The predicted molar refractivity (Wildman–Crippen MR) is 124 cm³/mol. The molecule has 3 aromatic rings. The molecule has 1 saturated heterocycles. The molecule has 0 atom stereocenters. The maximum Gasteiger partial charge on any atom is 0.432 e. The number of hydrogen-bond acceptors (Lipinski definition) is 5. The molecule has 12 heteroatoms. The minimum absolute atomic E-state index is 0.147. The summed E-state index contributed by atoms with van der Waals surface area (Å²) in [6.45, 7) is 0.633. The van der Waals surface area contributed by atoms with E-state index < -0.39 is 57.7 Å². The first-order valence-corrected chi connectivity index (χ1v) is 11.1. The first kappa shape index (κ1) is 25.4. The van der Waals surface area contributed by atoms with Gasteiger partial charge >= 0.3 is 6.18 Å². The Morgan fingerprint density at radius 3 is 2.36 bits per heavy atom. The molecule has 36 heavy (non-hydrogen) atoms. The van der Waals surface area contributed by atoms with Crippen LogP contribution in [-0.2, 0) is 0 Å². The fourth-order valence-corrected chi connectivity index (χ4v) is 4.14. The van der Waals surface area contributed by atoms with Crippen molar-refractivity contribution in [2.24, 2.45) is 0 Å². The van der Waals surface area contributed by atoms with Crippen LogP contribution >= 0.6 is 11.6 Å². The molecule has 2 N–H and O–H groups in total. The van der Waals surface area contributed by atoms with E-state index in [9.17, 15) is 26.7 Å². The zero-order valence-corrected chi connectivity index (χ0v) is 19.2. The Morgan fingerprint density at radius 1 is 1.08 bits per heavy atom. The van der Waals surface area contributed by atoms with Gasteiger partial charge in [0.25, 0.3) is 5.91 Å². The van der Waals surface area contributed by atoms with E-state index in [0.29, 0.717) is 32.1 Å². The van der Waals surface area contributed by atoms with Crippen LogP contribution in [0.1, 0.15) is 29.0 Å². The number of carbonyl (C=O) groups excluding carboxylic acids is 1. The topological polar surface area (TPSA) is 82.2 Å². The summed E-state index contributed by atoms with van der Waals surface area (Å²) >= 11 is 6.15. The lowest BCUT2D eigenvalue weighted by atomic mass is 9.99. The van der Waals surface area contributed by atoms with Gasteiger partial charge in [-0.2, -0.15) is 13.2 Å². The summed E-state index contributed by atoms with van der Waals surface area (Å²) in [6.07, 6.45) is -3.49. The molecule has 0 aliphatic carbocycles. The Morgan fingerprint density at radius 2 is 1.75 bits per heavy atom. The van der Waals surface area contributed by atoms with E-state index in [1.807, 2.05) is 5.32 Å². The molecule has 2 aromatic carbocycles. The van der Waals surface area contributed by atoms with E-state index in [1.54, 1.807) is 0 Å². The average Bonchev–Trinajstić information content (AvgIpc) is 3.50. The van der Waals surface area contributed by atoms with E-state index in [4.69, 9.17) is 21.5 Å². The maximum absolute atomic E-state index is 14.7. The quantitative estimate of drug-likeness (QED) is 0.283. The molecular formula is C24H18ClF5N4O2. The van der Waals surface area contributed by atoms with Crippen molar-refractivity contribution in [2.75, 3.05) is 18.4 Å². The zero-order valence-electron chi connectivity index (χ0n) is 18.4.